The van der Waals surface area contributed by atoms with Gasteiger partial charge in [0, 0.05) is 25.7 Å². The van der Waals surface area contributed by atoms with Crippen molar-refractivity contribution < 1.29 is 80.2 Å². The largest absolute Gasteiger partial charge is 0.472 e. The van der Waals surface area contributed by atoms with Crippen molar-refractivity contribution in [2.24, 2.45) is 11.8 Å². The number of carbonyl (C=O) groups is 4. The van der Waals surface area contributed by atoms with E-state index in [0.29, 0.717) is 25.7 Å². The molecule has 3 N–H and O–H groups in total. The van der Waals surface area contributed by atoms with Crippen molar-refractivity contribution in [3.63, 3.8) is 0 Å². The number of phosphoric acid groups is 2. The van der Waals surface area contributed by atoms with Crippen LogP contribution in [0.25, 0.3) is 0 Å². The first-order valence-corrected chi connectivity index (χ1v) is 45.8. The molecule has 5 atom stereocenters. The lowest BCUT2D eigenvalue weighted by molar-refractivity contribution is -0.161. The first kappa shape index (κ1) is 101. The zero-order valence-corrected chi connectivity index (χ0v) is 68.9. The number of aliphatic hydroxyl groups excluding tert-OH is 1. The topological polar surface area (TPSA) is 237 Å². The van der Waals surface area contributed by atoms with E-state index in [9.17, 15) is 43.2 Å². The summed E-state index contributed by atoms with van der Waals surface area (Å²) in [6, 6.07) is 0. The van der Waals surface area contributed by atoms with Crippen LogP contribution in [0.4, 0.5) is 0 Å². The third-order valence-electron chi connectivity index (χ3n) is 19.1. The van der Waals surface area contributed by atoms with E-state index in [1.165, 1.54) is 225 Å². The van der Waals surface area contributed by atoms with Crippen LogP contribution in [-0.2, 0) is 65.4 Å². The van der Waals surface area contributed by atoms with Gasteiger partial charge >= 0.3 is 39.5 Å². The second-order valence-electron chi connectivity index (χ2n) is 30.5. The fourth-order valence-electron chi connectivity index (χ4n) is 12.5. The number of unbranched alkanes of at least 4 members (excludes halogenated alkanes) is 48. The molecule has 0 aromatic rings. The highest BCUT2D eigenvalue weighted by Crippen LogP contribution is 2.45. The van der Waals surface area contributed by atoms with E-state index in [1.54, 1.807) is 0 Å². The van der Waals surface area contributed by atoms with E-state index in [2.05, 4.69) is 65.8 Å². The predicted molar refractivity (Wildman–Crippen MR) is 423 cm³/mol. The predicted octanol–water partition coefficient (Wildman–Crippen LogP) is 25.0. The number of allylic oxidation sites excluding steroid dienone is 4. The van der Waals surface area contributed by atoms with Gasteiger partial charge < -0.3 is 33.8 Å². The van der Waals surface area contributed by atoms with Gasteiger partial charge in [0.05, 0.1) is 26.4 Å². The molecule has 19 heteroatoms. The Morgan fingerprint density at radius 3 is 0.796 bits per heavy atom. The molecular formula is C84H160O17P2. The highest BCUT2D eigenvalue weighted by molar-refractivity contribution is 7.47. The minimum Gasteiger partial charge on any atom is -0.462 e. The average Bonchev–Trinajstić information content (AvgIpc) is 1.04. The smallest absolute Gasteiger partial charge is 0.462 e. The Labute approximate surface area is 631 Å². The molecule has 0 rings (SSSR count). The molecular weight excluding hydrogens is 1340 g/mol. The zero-order valence-electron chi connectivity index (χ0n) is 67.1. The highest BCUT2D eigenvalue weighted by Gasteiger charge is 2.30. The van der Waals surface area contributed by atoms with E-state index in [-0.39, 0.29) is 25.7 Å². The summed E-state index contributed by atoms with van der Waals surface area (Å²) in [5.74, 6) is -0.512. The van der Waals surface area contributed by atoms with Crippen LogP contribution in [-0.4, -0.2) is 96.7 Å². The SMILES string of the molecule is CCCCCC/C=C\C=C/CCCCCCCC(=O)O[C@H](COC(=O)CCCCCCCCCCC)COP(=O)(O)OC[C@H](O)COP(=O)(O)OC[C@@H](COC(=O)CCCCCCCCCCCCCCCCCC(C)C)OC(=O)CCCCCCCCCCCCCCCCCCCCC(C)C. The normalized spacial score (nSPS) is 14.0. The number of carbonyl (C=O) groups excluding carboxylic acids is 4. The summed E-state index contributed by atoms with van der Waals surface area (Å²) in [5.41, 5.74) is 0. The second kappa shape index (κ2) is 75.0. The summed E-state index contributed by atoms with van der Waals surface area (Å²) in [5, 5.41) is 10.6. The van der Waals surface area contributed by atoms with Gasteiger partial charge in [0.1, 0.15) is 19.3 Å². The molecule has 0 aromatic heterocycles. The molecule has 0 radical (unpaired) electrons. The van der Waals surface area contributed by atoms with E-state index >= 15 is 0 Å². The van der Waals surface area contributed by atoms with Gasteiger partial charge in [-0.2, -0.15) is 0 Å². The fourth-order valence-corrected chi connectivity index (χ4v) is 14.1. The van der Waals surface area contributed by atoms with Gasteiger partial charge in [-0.15, -0.1) is 0 Å². The molecule has 0 aromatic carbocycles. The number of hydrogen-bond acceptors (Lipinski definition) is 15. The Hall–Kier alpha value is -2.46. The second-order valence-corrected chi connectivity index (χ2v) is 33.4. The number of ether oxygens (including phenoxy) is 4. The lowest BCUT2D eigenvalue weighted by Gasteiger charge is -2.21. The molecule has 17 nitrogen and oxygen atoms in total. The van der Waals surface area contributed by atoms with Gasteiger partial charge in [0.25, 0.3) is 0 Å². The monoisotopic (exact) mass is 1500 g/mol. The fraction of sp³-hybridized carbons (Fsp3) is 0.905. The van der Waals surface area contributed by atoms with Crippen LogP contribution in [0.5, 0.6) is 0 Å². The molecule has 0 aliphatic heterocycles. The van der Waals surface area contributed by atoms with E-state index < -0.39 is 97.5 Å². The minimum absolute atomic E-state index is 0.0852. The standard InChI is InChI=1S/C84H160O17P2/c1-7-9-11-13-15-17-18-19-25-33-38-44-50-56-62-68-83(88)100-79(72-94-81(86)66-60-54-48-40-16-14-12-10-8-2)74-98-102(90,91)96-70-78(85)71-97-103(92,93)99-75-80(73-95-82(87)67-61-55-49-43-37-32-29-24-27-31-36-42-47-53-59-65-77(5)6)101-84(89)69-63-57-51-45-39-34-28-23-21-20-22-26-30-35-41-46-52-58-64-76(3)4/h17-19,25,76-80,85H,7-16,20-24,26-75H2,1-6H3,(H,90,91)(H,92,93)/b18-17-,25-19-/t78-,79+,80+/m0/s1. The highest BCUT2D eigenvalue weighted by atomic mass is 31.2. The van der Waals surface area contributed by atoms with Crippen molar-refractivity contribution in [2.45, 2.75) is 439 Å². The third-order valence-corrected chi connectivity index (χ3v) is 21.0. The maximum Gasteiger partial charge on any atom is 0.472 e. The molecule has 608 valence electrons. The van der Waals surface area contributed by atoms with Gasteiger partial charge in [0.2, 0.25) is 0 Å². The van der Waals surface area contributed by atoms with Gasteiger partial charge in [-0.3, -0.25) is 37.3 Å². The van der Waals surface area contributed by atoms with E-state index in [1.807, 2.05) is 0 Å². The van der Waals surface area contributed by atoms with Crippen molar-refractivity contribution in [3.05, 3.63) is 24.3 Å². The zero-order chi connectivity index (χ0) is 75.6. The summed E-state index contributed by atoms with van der Waals surface area (Å²) >= 11 is 0. The van der Waals surface area contributed by atoms with Crippen molar-refractivity contribution in [1.29, 1.82) is 0 Å². The molecule has 0 fully saturated rings. The summed E-state index contributed by atoms with van der Waals surface area (Å²) in [6.07, 6.45) is 68.9. The maximum atomic E-state index is 13.1. The maximum absolute atomic E-state index is 13.1. The molecule has 0 bridgehead atoms. The van der Waals surface area contributed by atoms with Gasteiger partial charge in [-0.05, 0) is 63.2 Å². The molecule has 0 saturated carbocycles. The lowest BCUT2D eigenvalue weighted by atomic mass is 10.0. The first-order chi connectivity index (χ1) is 49.9. The Bertz CT molecular complexity index is 2070. The minimum atomic E-state index is -4.97. The molecule has 103 heavy (non-hydrogen) atoms. The van der Waals surface area contributed by atoms with Crippen molar-refractivity contribution in [2.75, 3.05) is 39.6 Å². The van der Waals surface area contributed by atoms with Crippen molar-refractivity contribution in [1.82, 2.24) is 0 Å². The van der Waals surface area contributed by atoms with Gasteiger partial charge in [-0.1, -0.05) is 368 Å². The Kier molecular flexibility index (Phi) is 73.2. The Morgan fingerprint density at radius 1 is 0.301 bits per heavy atom. The van der Waals surface area contributed by atoms with Crippen LogP contribution >= 0.6 is 15.6 Å². The number of esters is 4. The summed E-state index contributed by atoms with van der Waals surface area (Å²) in [4.78, 5) is 73.0. The first-order valence-electron chi connectivity index (χ1n) is 42.8. The van der Waals surface area contributed by atoms with Crippen LogP contribution in [0.15, 0.2) is 24.3 Å². The van der Waals surface area contributed by atoms with E-state index in [4.69, 9.17) is 37.0 Å². The van der Waals surface area contributed by atoms with Crippen LogP contribution in [0, 0.1) is 11.8 Å². The summed E-state index contributed by atoms with van der Waals surface area (Å²) in [6.45, 7) is 9.63. The molecule has 0 heterocycles. The quantitative estimate of drug-likeness (QED) is 0.0169. The molecule has 0 saturated heterocycles. The number of hydrogen-bond donors (Lipinski definition) is 3. The number of aliphatic hydroxyl groups is 1. The molecule has 2 unspecified atom stereocenters. The van der Waals surface area contributed by atoms with Crippen LogP contribution < -0.4 is 0 Å². The van der Waals surface area contributed by atoms with Gasteiger partial charge in [-0.25, -0.2) is 9.13 Å². The number of rotatable bonds is 81. The lowest BCUT2D eigenvalue weighted by Crippen LogP contribution is -2.30. The third kappa shape index (κ3) is 77.5. The Morgan fingerprint density at radius 2 is 0.524 bits per heavy atom. The Balaban J connectivity index is 5.24. The van der Waals surface area contributed by atoms with Crippen molar-refractivity contribution >= 4 is 39.5 Å². The summed E-state index contributed by atoms with van der Waals surface area (Å²) in [7, 11) is -9.93. The van der Waals surface area contributed by atoms with Gasteiger partial charge in [0.15, 0.2) is 12.2 Å². The molecule has 0 aliphatic carbocycles. The van der Waals surface area contributed by atoms with Crippen molar-refractivity contribution in [3.8, 4) is 0 Å². The average molecular weight is 1500 g/mol. The molecule has 0 amide bonds. The van der Waals surface area contributed by atoms with Crippen LogP contribution in [0.3, 0.4) is 0 Å². The van der Waals surface area contributed by atoms with Crippen LogP contribution in [0.1, 0.15) is 420 Å². The van der Waals surface area contributed by atoms with E-state index in [0.717, 1.165) is 115 Å². The molecule has 0 aliphatic rings. The van der Waals surface area contributed by atoms with Crippen LogP contribution in [0.2, 0.25) is 0 Å². The summed E-state index contributed by atoms with van der Waals surface area (Å²) < 4.78 is 68.7. The number of phosphoric ester groups is 2. The molecule has 0 spiro atoms.